The van der Waals surface area contributed by atoms with Crippen molar-refractivity contribution >= 4 is 0 Å². The molecule has 0 spiro atoms. The van der Waals surface area contributed by atoms with E-state index in [1.165, 1.54) is 18.4 Å². The lowest BCUT2D eigenvalue weighted by Gasteiger charge is -2.45. The Balaban J connectivity index is 2.11. The number of ether oxygens (including phenoxy) is 2. The molecule has 98 valence electrons. The van der Waals surface area contributed by atoms with Gasteiger partial charge in [-0.1, -0.05) is 18.1 Å². The normalized spacial score (nSPS) is 43.9. The predicted octanol–water partition coefficient (Wildman–Crippen LogP) is 4.05. The summed E-state index contributed by atoms with van der Waals surface area (Å²) in [4.78, 5) is 0. The number of rotatable bonds is 1. The Kier molecular flexibility index (Phi) is 3.65. The second-order valence-corrected chi connectivity index (χ2v) is 6.35. The number of allylic oxidation sites excluding steroid dienone is 2. The van der Waals surface area contributed by atoms with Crippen molar-refractivity contribution in [3.8, 4) is 0 Å². The second kappa shape index (κ2) is 4.74. The van der Waals surface area contributed by atoms with E-state index in [1.54, 1.807) is 5.57 Å². The van der Waals surface area contributed by atoms with Crippen LogP contribution in [0.3, 0.4) is 0 Å². The zero-order valence-electron chi connectivity index (χ0n) is 11.9. The van der Waals surface area contributed by atoms with Gasteiger partial charge in [-0.05, 0) is 53.4 Å². The molecule has 1 fully saturated rings. The van der Waals surface area contributed by atoms with Gasteiger partial charge in [0.05, 0.1) is 12.2 Å². The third kappa shape index (κ3) is 2.74. The van der Waals surface area contributed by atoms with Crippen molar-refractivity contribution in [2.75, 3.05) is 0 Å². The van der Waals surface area contributed by atoms with E-state index in [1.807, 2.05) is 0 Å². The molecule has 3 atom stereocenters. The van der Waals surface area contributed by atoms with E-state index < -0.39 is 0 Å². The summed E-state index contributed by atoms with van der Waals surface area (Å²) in [6.07, 6.45) is 5.13. The predicted molar refractivity (Wildman–Crippen MR) is 69.8 cm³/mol. The summed E-state index contributed by atoms with van der Waals surface area (Å²) in [6.45, 7) is 11.1. The highest BCUT2D eigenvalue weighted by molar-refractivity contribution is 5.16. The number of hydrogen-bond acceptors (Lipinski definition) is 2. The van der Waals surface area contributed by atoms with E-state index in [0.717, 1.165) is 12.8 Å². The Bertz CT molecular complexity index is 311. The highest BCUT2D eigenvalue weighted by atomic mass is 16.7. The third-order valence-corrected chi connectivity index (χ3v) is 4.41. The lowest BCUT2D eigenvalue weighted by molar-refractivity contribution is -0.280. The molecular formula is C15H26O2. The van der Waals surface area contributed by atoms with Gasteiger partial charge in [-0.25, -0.2) is 0 Å². The smallest absolute Gasteiger partial charge is 0.163 e. The molecule has 2 nitrogen and oxygen atoms in total. The first-order valence-electron chi connectivity index (χ1n) is 6.87. The van der Waals surface area contributed by atoms with Gasteiger partial charge in [0.1, 0.15) is 0 Å². The molecule has 0 aromatic rings. The highest BCUT2D eigenvalue weighted by Crippen LogP contribution is 2.44. The maximum absolute atomic E-state index is 6.04. The molecule has 2 aliphatic rings. The van der Waals surface area contributed by atoms with Crippen molar-refractivity contribution in [1.29, 1.82) is 0 Å². The van der Waals surface area contributed by atoms with Crippen molar-refractivity contribution < 1.29 is 9.47 Å². The minimum atomic E-state index is -0.0238. The van der Waals surface area contributed by atoms with Crippen LogP contribution in [0, 0.1) is 5.41 Å². The molecule has 0 radical (unpaired) electrons. The van der Waals surface area contributed by atoms with E-state index in [4.69, 9.17) is 9.47 Å². The van der Waals surface area contributed by atoms with Crippen LogP contribution in [0.4, 0.5) is 0 Å². The van der Waals surface area contributed by atoms with Gasteiger partial charge in [-0.15, -0.1) is 0 Å². The minimum absolute atomic E-state index is 0.0238. The molecule has 2 heteroatoms. The molecule has 17 heavy (non-hydrogen) atoms. The topological polar surface area (TPSA) is 18.5 Å². The largest absolute Gasteiger partial charge is 0.349 e. The van der Waals surface area contributed by atoms with Crippen molar-refractivity contribution in [3.63, 3.8) is 0 Å². The van der Waals surface area contributed by atoms with Gasteiger partial charge in [-0.3, -0.25) is 0 Å². The molecule has 0 unspecified atom stereocenters. The SMILES string of the molecule is CC1=C(C)C[C@@](C)(C2O[C@H](C)C[C@@H](C)O2)CC1. The van der Waals surface area contributed by atoms with Crippen LogP contribution >= 0.6 is 0 Å². The molecule has 1 aliphatic heterocycles. The third-order valence-electron chi connectivity index (χ3n) is 4.41. The summed E-state index contributed by atoms with van der Waals surface area (Å²) < 4.78 is 12.1. The number of hydrogen-bond donors (Lipinski definition) is 0. The summed E-state index contributed by atoms with van der Waals surface area (Å²) in [5, 5.41) is 0. The summed E-state index contributed by atoms with van der Waals surface area (Å²) in [7, 11) is 0. The average molecular weight is 238 g/mol. The molecule has 0 aromatic carbocycles. The van der Waals surface area contributed by atoms with Crippen LogP contribution in [0.25, 0.3) is 0 Å². The Hall–Kier alpha value is -0.340. The highest BCUT2D eigenvalue weighted by Gasteiger charge is 2.42. The van der Waals surface area contributed by atoms with Gasteiger partial charge < -0.3 is 9.47 Å². The maximum Gasteiger partial charge on any atom is 0.163 e. The van der Waals surface area contributed by atoms with Gasteiger partial charge in [0.25, 0.3) is 0 Å². The van der Waals surface area contributed by atoms with Crippen LogP contribution in [0.2, 0.25) is 0 Å². The van der Waals surface area contributed by atoms with Crippen molar-refractivity contribution in [1.82, 2.24) is 0 Å². The lowest BCUT2D eigenvalue weighted by Crippen LogP contribution is -2.46. The Morgan fingerprint density at radius 1 is 1.06 bits per heavy atom. The molecule has 0 bridgehead atoms. The summed E-state index contributed by atoms with van der Waals surface area (Å²) in [5.41, 5.74) is 3.24. The molecule has 0 amide bonds. The Morgan fingerprint density at radius 3 is 2.18 bits per heavy atom. The fourth-order valence-electron chi connectivity index (χ4n) is 3.09. The Morgan fingerprint density at radius 2 is 1.65 bits per heavy atom. The molecule has 0 saturated carbocycles. The van der Waals surface area contributed by atoms with E-state index in [2.05, 4.69) is 34.6 Å². The second-order valence-electron chi connectivity index (χ2n) is 6.35. The molecule has 0 aromatic heterocycles. The fraction of sp³-hybridized carbons (Fsp3) is 0.867. The van der Waals surface area contributed by atoms with Crippen LogP contribution < -0.4 is 0 Å². The van der Waals surface area contributed by atoms with Crippen LogP contribution in [0.5, 0.6) is 0 Å². The van der Waals surface area contributed by atoms with Crippen molar-refractivity contribution in [2.45, 2.75) is 78.8 Å². The average Bonchev–Trinajstić information content (AvgIpc) is 2.23. The van der Waals surface area contributed by atoms with Gasteiger partial charge in [0, 0.05) is 5.41 Å². The first-order valence-corrected chi connectivity index (χ1v) is 6.87. The van der Waals surface area contributed by atoms with Crippen LogP contribution in [-0.4, -0.2) is 18.5 Å². The van der Waals surface area contributed by atoms with E-state index in [9.17, 15) is 0 Å². The summed E-state index contributed by atoms with van der Waals surface area (Å²) >= 11 is 0. The maximum atomic E-state index is 6.04. The summed E-state index contributed by atoms with van der Waals surface area (Å²) in [5.74, 6) is 0. The van der Waals surface area contributed by atoms with Crippen molar-refractivity contribution in [2.24, 2.45) is 5.41 Å². The van der Waals surface area contributed by atoms with E-state index in [0.29, 0.717) is 12.2 Å². The quantitative estimate of drug-likeness (QED) is 0.642. The van der Waals surface area contributed by atoms with E-state index in [-0.39, 0.29) is 11.7 Å². The van der Waals surface area contributed by atoms with E-state index >= 15 is 0 Å². The van der Waals surface area contributed by atoms with Gasteiger partial charge in [-0.2, -0.15) is 0 Å². The van der Waals surface area contributed by atoms with Gasteiger partial charge >= 0.3 is 0 Å². The Labute approximate surface area is 105 Å². The molecule has 1 saturated heterocycles. The van der Waals surface area contributed by atoms with Crippen molar-refractivity contribution in [3.05, 3.63) is 11.1 Å². The molecule has 2 rings (SSSR count). The first-order chi connectivity index (χ1) is 7.90. The lowest BCUT2D eigenvalue weighted by atomic mass is 9.72. The van der Waals surface area contributed by atoms with Gasteiger partial charge in [0.15, 0.2) is 6.29 Å². The minimum Gasteiger partial charge on any atom is -0.349 e. The zero-order valence-corrected chi connectivity index (χ0v) is 11.9. The van der Waals surface area contributed by atoms with Gasteiger partial charge in [0.2, 0.25) is 0 Å². The fourth-order valence-corrected chi connectivity index (χ4v) is 3.09. The molecule has 1 aliphatic carbocycles. The monoisotopic (exact) mass is 238 g/mol. The molecule has 0 N–H and O–H groups in total. The standard InChI is InChI=1S/C15H26O2/c1-10-6-7-15(5,9-11(10)2)14-16-12(3)8-13(4)17-14/h12-14H,6-9H2,1-5H3/t12-,13-,15+/m1/s1. The zero-order chi connectivity index (χ0) is 12.6. The first kappa shape index (κ1) is 13.1. The van der Waals surface area contributed by atoms with Crippen LogP contribution in [0.1, 0.15) is 60.3 Å². The molecular weight excluding hydrogens is 212 g/mol. The summed E-state index contributed by atoms with van der Waals surface area (Å²) in [6, 6.07) is 0. The van der Waals surface area contributed by atoms with Crippen LogP contribution in [-0.2, 0) is 9.47 Å². The molecule has 1 heterocycles. The van der Waals surface area contributed by atoms with Crippen LogP contribution in [0.15, 0.2) is 11.1 Å².